The number of Topliss-reactive ketones (excluding diaryl/α,β-unsaturated/α-hetero) is 1. The molecule has 2 rings (SSSR count). The standard InChI is InChI=1S/C14H18N2O3/c1-10-2-3-11(9-16-6-4-15-5-7-16)12(8-10)13(17)14(18)19/h2-3,8,15H,4-7,9H2,1H3,(H,18,19). The van der Waals surface area contributed by atoms with Gasteiger partial charge >= 0.3 is 5.97 Å². The van der Waals surface area contributed by atoms with Crippen molar-refractivity contribution in [2.24, 2.45) is 0 Å². The van der Waals surface area contributed by atoms with Crippen molar-refractivity contribution in [2.45, 2.75) is 13.5 Å². The summed E-state index contributed by atoms with van der Waals surface area (Å²) >= 11 is 0. The molecule has 0 spiro atoms. The van der Waals surface area contributed by atoms with Crippen LogP contribution in [0.1, 0.15) is 21.5 Å². The van der Waals surface area contributed by atoms with Crippen LogP contribution in [0.4, 0.5) is 0 Å². The largest absolute Gasteiger partial charge is 0.475 e. The fourth-order valence-electron chi connectivity index (χ4n) is 2.26. The Morgan fingerprint density at radius 3 is 2.63 bits per heavy atom. The Morgan fingerprint density at radius 1 is 1.32 bits per heavy atom. The summed E-state index contributed by atoms with van der Waals surface area (Å²) in [6.45, 7) is 6.15. The molecule has 5 nitrogen and oxygen atoms in total. The molecule has 0 unspecified atom stereocenters. The normalized spacial score (nSPS) is 16.3. The van der Waals surface area contributed by atoms with Crippen molar-refractivity contribution in [2.75, 3.05) is 26.2 Å². The smallest absolute Gasteiger partial charge is 0.377 e. The number of carbonyl (C=O) groups excluding carboxylic acids is 1. The Morgan fingerprint density at radius 2 is 2.00 bits per heavy atom. The zero-order chi connectivity index (χ0) is 13.8. The van der Waals surface area contributed by atoms with E-state index in [0.717, 1.165) is 37.3 Å². The van der Waals surface area contributed by atoms with Gasteiger partial charge in [0, 0.05) is 38.3 Å². The highest BCUT2D eigenvalue weighted by Crippen LogP contribution is 2.15. The molecule has 1 aromatic rings. The Labute approximate surface area is 112 Å². The number of carbonyl (C=O) groups is 2. The molecule has 0 bridgehead atoms. The Balaban J connectivity index is 2.23. The number of hydrogen-bond acceptors (Lipinski definition) is 4. The lowest BCUT2D eigenvalue weighted by Gasteiger charge is -2.27. The fourth-order valence-corrected chi connectivity index (χ4v) is 2.26. The Hall–Kier alpha value is -1.72. The quantitative estimate of drug-likeness (QED) is 0.616. The summed E-state index contributed by atoms with van der Waals surface area (Å²) in [5.41, 5.74) is 2.00. The number of carboxylic acid groups (broad SMARTS) is 1. The highest BCUT2D eigenvalue weighted by molar-refractivity contribution is 6.40. The lowest BCUT2D eigenvalue weighted by molar-refractivity contribution is -0.131. The minimum atomic E-state index is -1.40. The van der Waals surface area contributed by atoms with Gasteiger partial charge in [-0.2, -0.15) is 0 Å². The molecule has 0 radical (unpaired) electrons. The van der Waals surface area contributed by atoms with E-state index in [1.54, 1.807) is 6.07 Å². The van der Waals surface area contributed by atoms with E-state index < -0.39 is 11.8 Å². The number of aliphatic carboxylic acids is 1. The number of nitrogens with zero attached hydrogens (tertiary/aromatic N) is 1. The van der Waals surface area contributed by atoms with E-state index in [1.165, 1.54) is 0 Å². The highest BCUT2D eigenvalue weighted by atomic mass is 16.4. The number of aryl methyl sites for hydroxylation is 1. The molecule has 5 heteroatoms. The molecular formula is C14H18N2O3. The molecule has 1 aromatic carbocycles. The molecule has 2 N–H and O–H groups in total. The third-order valence-corrected chi connectivity index (χ3v) is 3.31. The van der Waals surface area contributed by atoms with E-state index in [2.05, 4.69) is 10.2 Å². The van der Waals surface area contributed by atoms with E-state index in [9.17, 15) is 9.59 Å². The minimum Gasteiger partial charge on any atom is -0.475 e. The molecule has 0 amide bonds. The molecule has 102 valence electrons. The fraction of sp³-hybridized carbons (Fsp3) is 0.429. The third kappa shape index (κ3) is 3.39. The monoisotopic (exact) mass is 262 g/mol. The van der Waals surface area contributed by atoms with E-state index in [1.807, 2.05) is 19.1 Å². The van der Waals surface area contributed by atoms with Crippen molar-refractivity contribution < 1.29 is 14.7 Å². The summed E-state index contributed by atoms with van der Waals surface area (Å²) in [4.78, 5) is 24.8. The number of carboxylic acids is 1. The van der Waals surface area contributed by atoms with Crippen LogP contribution in [0.2, 0.25) is 0 Å². The minimum absolute atomic E-state index is 0.311. The maximum atomic E-state index is 11.7. The van der Waals surface area contributed by atoms with E-state index in [4.69, 9.17) is 5.11 Å². The summed E-state index contributed by atoms with van der Waals surface area (Å²) in [5, 5.41) is 12.1. The number of ketones is 1. The average Bonchev–Trinajstić information content (AvgIpc) is 2.41. The van der Waals surface area contributed by atoms with Crippen molar-refractivity contribution in [1.82, 2.24) is 10.2 Å². The van der Waals surface area contributed by atoms with Gasteiger partial charge in [-0.05, 0) is 18.6 Å². The van der Waals surface area contributed by atoms with Gasteiger partial charge in [-0.3, -0.25) is 9.69 Å². The topological polar surface area (TPSA) is 69.6 Å². The van der Waals surface area contributed by atoms with Crippen molar-refractivity contribution in [3.8, 4) is 0 Å². The second-order valence-corrected chi connectivity index (χ2v) is 4.82. The molecule has 1 aliphatic heterocycles. The van der Waals surface area contributed by atoms with Crippen LogP contribution < -0.4 is 5.32 Å². The van der Waals surface area contributed by atoms with Gasteiger partial charge in [0.1, 0.15) is 0 Å². The van der Waals surface area contributed by atoms with Crippen LogP contribution in [0.3, 0.4) is 0 Å². The van der Waals surface area contributed by atoms with Crippen LogP contribution in [0, 0.1) is 6.92 Å². The molecule has 0 atom stereocenters. The Bertz CT molecular complexity index is 493. The second kappa shape index (κ2) is 5.95. The van der Waals surface area contributed by atoms with Crippen LogP contribution in [-0.4, -0.2) is 47.9 Å². The lowest BCUT2D eigenvalue weighted by atomic mass is 10.00. The molecule has 1 aliphatic rings. The van der Waals surface area contributed by atoms with Gasteiger partial charge in [0.2, 0.25) is 0 Å². The van der Waals surface area contributed by atoms with Crippen LogP contribution in [0.5, 0.6) is 0 Å². The average molecular weight is 262 g/mol. The van der Waals surface area contributed by atoms with E-state index in [-0.39, 0.29) is 0 Å². The number of nitrogens with one attached hydrogen (secondary N) is 1. The first-order valence-corrected chi connectivity index (χ1v) is 6.38. The molecular weight excluding hydrogens is 244 g/mol. The van der Waals surface area contributed by atoms with E-state index in [0.29, 0.717) is 12.1 Å². The summed E-state index contributed by atoms with van der Waals surface area (Å²) in [6, 6.07) is 5.43. The van der Waals surface area contributed by atoms with Crippen molar-refractivity contribution >= 4 is 11.8 Å². The number of benzene rings is 1. The number of hydrogen-bond donors (Lipinski definition) is 2. The number of rotatable bonds is 4. The zero-order valence-electron chi connectivity index (χ0n) is 11.0. The molecule has 1 saturated heterocycles. The van der Waals surface area contributed by atoms with Gasteiger partial charge in [0.15, 0.2) is 0 Å². The molecule has 1 heterocycles. The van der Waals surface area contributed by atoms with Gasteiger partial charge in [0.25, 0.3) is 5.78 Å². The van der Waals surface area contributed by atoms with Crippen LogP contribution in [-0.2, 0) is 11.3 Å². The maximum absolute atomic E-state index is 11.7. The summed E-state index contributed by atoms with van der Waals surface area (Å²) < 4.78 is 0. The van der Waals surface area contributed by atoms with Gasteiger partial charge in [0.05, 0.1) is 0 Å². The molecule has 0 aliphatic carbocycles. The molecule has 19 heavy (non-hydrogen) atoms. The highest BCUT2D eigenvalue weighted by Gasteiger charge is 2.20. The van der Waals surface area contributed by atoms with Crippen LogP contribution in [0.25, 0.3) is 0 Å². The van der Waals surface area contributed by atoms with Gasteiger partial charge in [-0.15, -0.1) is 0 Å². The van der Waals surface area contributed by atoms with Crippen molar-refractivity contribution in [1.29, 1.82) is 0 Å². The van der Waals surface area contributed by atoms with E-state index >= 15 is 0 Å². The van der Waals surface area contributed by atoms with Gasteiger partial charge < -0.3 is 10.4 Å². The first-order valence-electron chi connectivity index (χ1n) is 6.38. The summed E-state index contributed by atoms with van der Waals surface area (Å²) in [5.74, 6) is -2.22. The Kier molecular flexibility index (Phi) is 4.29. The van der Waals surface area contributed by atoms with Crippen molar-refractivity contribution in [3.05, 3.63) is 34.9 Å². The predicted octanol–water partition coefficient (Wildman–Crippen LogP) is 0.668. The first-order chi connectivity index (χ1) is 9.08. The maximum Gasteiger partial charge on any atom is 0.377 e. The molecule has 1 fully saturated rings. The predicted molar refractivity (Wildman–Crippen MR) is 71.3 cm³/mol. The lowest BCUT2D eigenvalue weighted by Crippen LogP contribution is -2.43. The van der Waals surface area contributed by atoms with Crippen molar-refractivity contribution in [3.63, 3.8) is 0 Å². The number of piperazine rings is 1. The summed E-state index contributed by atoms with van der Waals surface area (Å²) in [6.07, 6.45) is 0. The summed E-state index contributed by atoms with van der Waals surface area (Å²) in [7, 11) is 0. The second-order valence-electron chi connectivity index (χ2n) is 4.82. The SMILES string of the molecule is Cc1ccc(CN2CCNCC2)c(C(=O)C(=O)O)c1. The third-order valence-electron chi connectivity index (χ3n) is 3.31. The van der Waals surface area contributed by atoms with Gasteiger partial charge in [-0.1, -0.05) is 17.7 Å². The zero-order valence-corrected chi connectivity index (χ0v) is 11.0. The molecule has 0 aromatic heterocycles. The first kappa shape index (κ1) is 13.7. The van der Waals surface area contributed by atoms with Crippen LogP contribution >= 0.6 is 0 Å². The van der Waals surface area contributed by atoms with Crippen LogP contribution in [0.15, 0.2) is 18.2 Å². The van der Waals surface area contributed by atoms with Gasteiger partial charge in [-0.25, -0.2) is 4.79 Å². The molecule has 0 saturated carbocycles.